The lowest BCUT2D eigenvalue weighted by molar-refractivity contribution is 0.0563. The Morgan fingerprint density at radius 1 is 1.07 bits per heavy atom. The van der Waals surface area contributed by atoms with Gasteiger partial charge < -0.3 is 10.1 Å². The van der Waals surface area contributed by atoms with Crippen LogP contribution < -0.4 is 5.32 Å². The van der Waals surface area contributed by atoms with Crippen LogP contribution in [-0.4, -0.2) is 25.8 Å². The first kappa shape index (κ1) is 14.9. The molecule has 0 amide bonds. The van der Waals surface area contributed by atoms with Crippen LogP contribution in [0.2, 0.25) is 0 Å². The molecule has 0 aromatic heterocycles. The Balaban J connectivity index is 3.08. The molecule has 0 saturated carbocycles. The Morgan fingerprint density at radius 3 is 2.53 bits per heavy atom. The molecule has 0 aliphatic heterocycles. The number of hydrogen-bond donors (Lipinski definition) is 1. The molecule has 0 aromatic carbocycles. The highest BCUT2D eigenvalue weighted by atomic mass is 16.5. The first-order valence-electron chi connectivity index (χ1n) is 6.63. The van der Waals surface area contributed by atoms with Crippen molar-refractivity contribution in [3.05, 3.63) is 0 Å². The van der Waals surface area contributed by atoms with Crippen LogP contribution in [0.3, 0.4) is 0 Å². The molecular weight excluding hydrogens is 186 g/mol. The number of hydrogen-bond acceptors (Lipinski definition) is 2. The second-order valence-corrected chi connectivity index (χ2v) is 4.24. The van der Waals surface area contributed by atoms with E-state index >= 15 is 0 Å². The molecule has 0 rings (SSSR count). The zero-order valence-electron chi connectivity index (χ0n) is 10.8. The van der Waals surface area contributed by atoms with E-state index in [0.717, 1.165) is 19.7 Å². The lowest BCUT2D eigenvalue weighted by Gasteiger charge is -2.12. The Kier molecular flexibility index (Phi) is 11.9. The predicted octanol–water partition coefficient (Wildman–Crippen LogP) is 3.36. The van der Waals surface area contributed by atoms with E-state index in [0.29, 0.717) is 6.10 Å². The second-order valence-electron chi connectivity index (χ2n) is 4.24. The monoisotopic (exact) mass is 215 g/mol. The normalized spacial score (nSPS) is 13.0. The summed E-state index contributed by atoms with van der Waals surface area (Å²) in [5, 5.41) is 3.33. The van der Waals surface area contributed by atoms with Gasteiger partial charge in [0.1, 0.15) is 0 Å². The van der Waals surface area contributed by atoms with Gasteiger partial charge >= 0.3 is 0 Å². The zero-order valence-corrected chi connectivity index (χ0v) is 10.8. The molecule has 2 nitrogen and oxygen atoms in total. The van der Waals surface area contributed by atoms with Crippen LogP contribution in [0.1, 0.15) is 59.3 Å². The quantitative estimate of drug-likeness (QED) is 0.534. The molecule has 1 N–H and O–H groups in total. The summed E-state index contributed by atoms with van der Waals surface area (Å²) in [6.45, 7) is 9.72. The van der Waals surface area contributed by atoms with E-state index in [-0.39, 0.29) is 0 Å². The second kappa shape index (κ2) is 12.0. The van der Waals surface area contributed by atoms with Crippen LogP contribution in [-0.2, 0) is 4.74 Å². The summed E-state index contributed by atoms with van der Waals surface area (Å²) in [4.78, 5) is 0. The molecule has 0 saturated heterocycles. The van der Waals surface area contributed by atoms with E-state index in [1.165, 1.54) is 38.5 Å². The third-order valence-corrected chi connectivity index (χ3v) is 2.61. The van der Waals surface area contributed by atoms with Gasteiger partial charge in [0.25, 0.3) is 0 Å². The predicted molar refractivity (Wildman–Crippen MR) is 67.3 cm³/mol. The van der Waals surface area contributed by atoms with Crippen molar-refractivity contribution < 1.29 is 4.74 Å². The van der Waals surface area contributed by atoms with E-state index in [4.69, 9.17) is 4.74 Å². The van der Waals surface area contributed by atoms with Crippen LogP contribution in [0.5, 0.6) is 0 Å². The molecular formula is C13H29NO. The highest BCUT2D eigenvalue weighted by molar-refractivity contribution is 4.53. The van der Waals surface area contributed by atoms with E-state index < -0.39 is 0 Å². The van der Waals surface area contributed by atoms with Gasteiger partial charge in [-0.1, -0.05) is 33.1 Å². The average Bonchev–Trinajstić information content (AvgIpc) is 2.24. The fourth-order valence-electron chi connectivity index (χ4n) is 1.59. The molecule has 0 aromatic rings. The minimum Gasteiger partial charge on any atom is -0.379 e. The topological polar surface area (TPSA) is 21.3 Å². The van der Waals surface area contributed by atoms with Gasteiger partial charge in [-0.3, -0.25) is 0 Å². The molecule has 0 aliphatic carbocycles. The maximum atomic E-state index is 5.74. The van der Waals surface area contributed by atoms with Crippen molar-refractivity contribution in [2.75, 3.05) is 19.7 Å². The van der Waals surface area contributed by atoms with Crippen molar-refractivity contribution in [3.8, 4) is 0 Å². The van der Waals surface area contributed by atoms with Crippen molar-refractivity contribution in [2.24, 2.45) is 0 Å². The van der Waals surface area contributed by atoms with Crippen molar-refractivity contribution in [1.29, 1.82) is 0 Å². The summed E-state index contributed by atoms with van der Waals surface area (Å²) in [6, 6.07) is 0. The molecule has 92 valence electrons. The number of rotatable bonds is 11. The molecule has 1 atom stereocenters. The molecule has 15 heavy (non-hydrogen) atoms. The van der Waals surface area contributed by atoms with Gasteiger partial charge in [0, 0.05) is 6.61 Å². The SMILES string of the molecule is CCCCCCOC(C)CCCNCC. The van der Waals surface area contributed by atoms with Crippen molar-refractivity contribution in [1.82, 2.24) is 5.32 Å². The molecule has 0 heterocycles. The Bertz CT molecular complexity index is 117. The highest BCUT2D eigenvalue weighted by Crippen LogP contribution is 2.04. The highest BCUT2D eigenvalue weighted by Gasteiger charge is 2.00. The molecule has 0 aliphatic rings. The van der Waals surface area contributed by atoms with Gasteiger partial charge in [0.2, 0.25) is 0 Å². The van der Waals surface area contributed by atoms with Crippen LogP contribution in [0.4, 0.5) is 0 Å². The maximum Gasteiger partial charge on any atom is 0.0547 e. The summed E-state index contributed by atoms with van der Waals surface area (Å²) in [5.41, 5.74) is 0. The van der Waals surface area contributed by atoms with Crippen LogP contribution in [0.25, 0.3) is 0 Å². The number of ether oxygens (including phenoxy) is 1. The fourth-order valence-corrected chi connectivity index (χ4v) is 1.59. The van der Waals surface area contributed by atoms with Gasteiger partial charge in [-0.15, -0.1) is 0 Å². The summed E-state index contributed by atoms with van der Waals surface area (Å²) in [6.07, 6.45) is 8.04. The lowest BCUT2D eigenvalue weighted by Crippen LogP contribution is -2.17. The Morgan fingerprint density at radius 2 is 1.87 bits per heavy atom. The van der Waals surface area contributed by atoms with Gasteiger partial charge in [0.15, 0.2) is 0 Å². The van der Waals surface area contributed by atoms with E-state index in [1.54, 1.807) is 0 Å². The van der Waals surface area contributed by atoms with Crippen molar-refractivity contribution in [3.63, 3.8) is 0 Å². The first-order chi connectivity index (χ1) is 7.31. The third kappa shape index (κ3) is 11.8. The molecule has 0 spiro atoms. The maximum absolute atomic E-state index is 5.74. The number of nitrogens with one attached hydrogen (secondary N) is 1. The van der Waals surface area contributed by atoms with Crippen LogP contribution >= 0.6 is 0 Å². The van der Waals surface area contributed by atoms with Gasteiger partial charge in [-0.05, 0) is 39.3 Å². The standard InChI is InChI=1S/C13H29NO/c1-4-6-7-8-12-15-13(3)10-9-11-14-5-2/h13-14H,4-12H2,1-3H3. The molecule has 0 radical (unpaired) electrons. The van der Waals surface area contributed by atoms with Gasteiger partial charge in [-0.25, -0.2) is 0 Å². The van der Waals surface area contributed by atoms with Gasteiger partial charge in [0.05, 0.1) is 6.10 Å². The number of unbranched alkanes of at least 4 members (excludes halogenated alkanes) is 3. The Hall–Kier alpha value is -0.0800. The van der Waals surface area contributed by atoms with Crippen LogP contribution in [0.15, 0.2) is 0 Å². The van der Waals surface area contributed by atoms with Crippen LogP contribution in [0, 0.1) is 0 Å². The largest absolute Gasteiger partial charge is 0.379 e. The van der Waals surface area contributed by atoms with Crippen molar-refractivity contribution in [2.45, 2.75) is 65.4 Å². The minimum absolute atomic E-state index is 0.435. The minimum atomic E-state index is 0.435. The summed E-state index contributed by atoms with van der Waals surface area (Å²) >= 11 is 0. The lowest BCUT2D eigenvalue weighted by atomic mass is 10.2. The summed E-state index contributed by atoms with van der Waals surface area (Å²) < 4.78 is 5.74. The van der Waals surface area contributed by atoms with Gasteiger partial charge in [-0.2, -0.15) is 0 Å². The fraction of sp³-hybridized carbons (Fsp3) is 1.00. The van der Waals surface area contributed by atoms with Crippen molar-refractivity contribution >= 4 is 0 Å². The third-order valence-electron chi connectivity index (χ3n) is 2.61. The smallest absolute Gasteiger partial charge is 0.0547 e. The summed E-state index contributed by atoms with van der Waals surface area (Å²) in [7, 11) is 0. The first-order valence-corrected chi connectivity index (χ1v) is 6.63. The van der Waals surface area contributed by atoms with E-state index in [2.05, 4.69) is 26.1 Å². The molecule has 1 unspecified atom stereocenters. The van der Waals surface area contributed by atoms with E-state index in [1.807, 2.05) is 0 Å². The molecule has 0 fully saturated rings. The molecule has 0 bridgehead atoms. The summed E-state index contributed by atoms with van der Waals surface area (Å²) in [5.74, 6) is 0. The average molecular weight is 215 g/mol. The molecule has 2 heteroatoms. The van der Waals surface area contributed by atoms with E-state index in [9.17, 15) is 0 Å². The zero-order chi connectivity index (χ0) is 11.4. The Labute approximate surface area is 95.8 Å².